The Morgan fingerprint density at radius 3 is 2.85 bits per heavy atom. The molecule has 8 heteroatoms. The van der Waals surface area contributed by atoms with E-state index < -0.39 is 0 Å². The van der Waals surface area contributed by atoms with Gasteiger partial charge in [-0.2, -0.15) is 5.10 Å². The van der Waals surface area contributed by atoms with Crippen molar-refractivity contribution in [3.63, 3.8) is 0 Å². The van der Waals surface area contributed by atoms with E-state index in [4.69, 9.17) is 0 Å². The summed E-state index contributed by atoms with van der Waals surface area (Å²) in [5.41, 5.74) is 4.01. The molecule has 1 N–H and O–H groups in total. The Morgan fingerprint density at radius 2 is 2.12 bits per heavy atom. The lowest BCUT2D eigenvalue weighted by Crippen LogP contribution is -2.42. The molecule has 2 aliphatic rings. The van der Waals surface area contributed by atoms with Crippen LogP contribution in [-0.4, -0.2) is 50.6 Å². The number of thiophene rings is 1. The molecule has 4 heterocycles. The third-order valence-electron chi connectivity index (χ3n) is 7.30. The van der Waals surface area contributed by atoms with Crippen LogP contribution in [0.25, 0.3) is 0 Å². The second kappa shape index (κ2) is 9.33. The molecule has 4 atom stereocenters. The predicted octanol–water partition coefficient (Wildman–Crippen LogP) is 3.53. The molecule has 2 unspecified atom stereocenters. The monoisotopic (exact) mass is 477 g/mol. The summed E-state index contributed by atoms with van der Waals surface area (Å²) in [4.78, 5) is 34.2. The highest BCUT2D eigenvalue weighted by Gasteiger charge is 2.39. The van der Waals surface area contributed by atoms with Crippen LogP contribution in [0, 0.1) is 5.92 Å². The van der Waals surface area contributed by atoms with Crippen LogP contribution in [0.2, 0.25) is 0 Å². The van der Waals surface area contributed by atoms with Gasteiger partial charge in [0, 0.05) is 54.9 Å². The summed E-state index contributed by atoms with van der Waals surface area (Å²) >= 11 is 1.72. The number of likely N-dealkylation sites (tertiary alicyclic amines) is 1. The van der Waals surface area contributed by atoms with Crippen LogP contribution < -0.4 is 5.32 Å². The zero-order valence-electron chi connectivity index (χ0n) is 19.9. The van der Waals surface area contributed by atoms with Crippen molar-refractivity contribution in [3.05, 3.63) is 69.4 Å². The Hall–Kier alpha value is -3.00. The normalized spacial score (nSPS) is 22.9. The van der Waals surface area contributed by atoms with E-state index in [1.807, 2.05) is 48.8 Å². The number of aryl methyl sites for hydroxylation is 1. The zero-order chi connectivity index (χ0) is 23.8. The van der Waals surface area contributed by atoms with E-state index in [9.17, 15) is 9.59 Å². The Balaban J connectivity index is 1.36. The van der Waals surface area contributed by atoms with E-state index in [1.165, 1.54) is 10.4 Å². The summed E-state index contributed by atoms with van der Waals surface area (Å²) in [5, 5.41) is 9.62. The van der Waals surface area contributed by atoms with Crippen LogP contribution in [0.3, 0.4) is 0 Å². The Morgan fingerprint density at radius 1 is 1.26 bits per heavy atom. The zero-order valence-corrected chi connectivity index (χ0v) is 20.7. The lowest BCUT2D eigenvalue weighted by molar-refractivity contribution is -0.122. The molecule has 1 aliphatic carbocycles. The smallest absolute Gasteiger partial charge is 0.255 e. The van der Waals surface area contributed by atoms with Gasteiger partial charge in [0.2, 0.25) is 5.91 Å². The molecule has 1 aliphatic heterocycles. The molecule has 0 saturated carbocycles. The Kier molecular flexibility index (Phi) is 6.25. The molecule has 2 amide bonds. The number of hydrogen-bond acceptors (Lipinski definition) is 5. The predicted molar refractivity (Wildman–Crippen MR) is 132 cm³/mol. The number of rotatable bonds is 5. The van der Waals surface area contributed by atoms with Crippen LogP contribution in [-0.2, 0) is 24.7 Å². The number of fused-ring (bicyclic) bond motifs is 1. The van der Waals surface area contributed by atoms with Crippen molar-refractivity contribution in [3.8, 4) is 0 Å². The fourth-order valence-electron chi connectivity index (χ4n) is 5.20. The van der Waals surface area contributed by atoms with Gasteiger partial charge in [-0.1, -0.05) is 13.0 Å². The van der Waals surface area contributed by atoms with Gasteiger partial charge in [0.15, 0.2) is 0 Å². The van der Waals surface area contributed by atoms with Gasteiger partial charge in [0.05, 0.1) is 23.7 Å². The molecule has 178 valence electrons. The van der Waals surface area contributed by atoms with E-state index in [0.29, 0.717) is 19.0 Å². The summed E-state index contributed by atoms with van der Waals surface area (Å²) in [7, 11) is 1.89. The van der Waals surface area contributed by atoms with Gasteiger partial charge in [-0.15, -0.1) is 11.3 Å². The molecular formula is C26H31N5O2S. The molecule has 5 rings (SSSR count). The van der Waals surface area contributed by atoms with E-state index in [2.05, 4.69) is 22.3 Å². The SMILES string of the molecule is CC1CCc2c(C(=O)N3C[C@@H](NC(=O)C(C)c4cccnc4)[C@H](c4cnn(C)c4)C3)csc2C1. The first kappa shape index (κ1) is 22.8. The van der Waals surface area contributed by atoms with E-state index in [-0.39, 0.29) is 29.7 Å². The maximum Gasteiger partial charge on any atom is 0.255 e. The second-order valence-corrected chi connectivity index (χ2v) is 10.8. The van der Waals surface area contributed by atoms with E-state index >= 15 is 0 Å². The fraction of sp³-hybridized carbons (Fsp3) is 0.462. The van der Waals surface area contributed by atoms with Crippen LogP contribution in [0.1, 0.15) is 64.0 Å². The highest BCUT2D eigenvalue weighted by Crippen LogP contribution is 2.35. The topological polar surface area (TPSA) is 80.1 Å². The average molecular weight is 478 g/mol. The van der Waals surface area contributed by atoms with Gasteiger partial charge in [0.1, 0.15) is 0 Å². The van der Waals surface area contributed by atoms with Gasteiger partial charge >= 0.3 is 0 Å². The quantitative estimate of drug-likeness (QED) is 0.610. The molecule has 7 nitrogen and oxygen atoms in total. The van der Waals surface area contributed by atoms with Gasteiger partial charge in [-0.05, 0) is 54.9 Å². The van der Waals surface area contributed by atoms with E-state index in [1.54, 1.807) is 28.4 Å². The number of pyridine rings is 1. The molecule has 3 aromatic rings. The van der Waals surface area contributed by atoms with Crippen molar-refractivity contribution in [2.75, 3.05) is 13.1 Å². The molecule has 1 fully saturated rings. The molecule has 0 radical (unpaired) electrons. The standard InChI is InChI=1S/C26H31N5O2S/c1-16-6-7-20-22(15-34-24(20)9-16)26(33)31-13-21(19-11-28-30(3)12-19)23(14-31)29-25(32)17(2)18-5-4-8-27-10-18/h4-5,8,10-12,15-17,21,23H,6-7,9,13-14H2,1-3H3,(H,29,32)/t16?,17?,21-,23+/m0/s1. The minimum absolute atomic E-state index is 0.00261. The third kappa shape index (κ3) is 4.39. The minimum Gasteiger partial charge on any atom is -0.350 e. The van der Waals surface area contributed by atoms with Crippen molar-refractivity contribution in [1.29, 1.82) is 0 Å². The number of amides is 2. The highest BCUT2D eigenvalue weighted by atomic mass is 32.1. The molecule has 1 saturated heterocycles. The molecular weight excluding hydrogens is 446 g/mol. The second-order valence-electron chi connectivity index (χ2n) is 9.79. The maximum absolute atomic E-state index is 13.6. The van der Waals surface area contributed by atoms with Crippen molar-refractivity contribution in [1.82, 2.24) is 25.0 Å². The van der Waals surface area contributed by atoms with Crippen LogP contribution in [0.5, 0.6) is 0 Å². The minimum atomic E-state index is -0.320. The summed E-state index contributed by atoms with van der Waals surface area (Å²) in [5.74, 6) is 0.384. The number of hydrogen-bond donors (Lipinski definition) is 1. The summed E-state index contributed by atoms with van der Waals surface area (Å²) in [6.07, 6.45) is 10.4. The van der Waals surface area contributed by atoms with Gasteiger partial charge in [-0.3, -0.25) is 19.3 Å². The van der Waals surface area contributed by atoms with Crippen LogP contribution >= 0.6 is 11.3 Å². The number of aromatic nitrogens is 3. The fourth-order valence-corrected chi connectivity index (χ4v) is 6.44. The van der Waals surface area contributed by atoms with Crippen molar-refractivity contribution in [2.45, 2.75) is 51.0 Å². The van der Waals surface area contributed by atoms with Crippen LogP contribution in [0.15, 0.2) is 42.3 Å². The first-order chi connectivity index (χ1) is 16.4. The van der Waals surface area contributed by atoms with Gasteiger partial charge in [-0.25, -0.2) is 0 Å². The average Bonchev–Trinajstić information content (AvgIpc) is 3.56. The van der Waals surface area contributed by atoms with Crippen LogP contribution in [0.4, 0.5) is 0 Å². The molecule has 0 spiro atoms. The first-order valence-electron chi connectivity index (χ1n) is 12.0. The summed E-state index contributed by atoms with van der Waals surface area (Å²) in [6.45, 7) is 5.23. The Bertz CT molecular complexity index is 1190. The lowest BCUT2D eigenvalue weighted by Gasteiger charge is -2.22. The molecule has 34 heavy (non-hydrogen) atoms. The summed E-state index contributed by atoms with van der Waals surface area (Å²) in [6, 6.07) is 3.59. The third-order valence-corrected chi connectivity index (χ3v) is 8.35. The molecule has 3 aromatic heterocycles. The number of nitrogens with one attached hydrogen (secondary N) is 1. The Labute approximate surface area is 204 Å². The lowest BCUT2D eigenvalue weighted by atomic mass is 9.88. The number of carbonyl (C=O) groups is 2. The summed E-state index contributed by atoms with van der Waals surface area (Å²) < 4.78 is 1.77. The van der Waals surface area contributed by atoms with E-state index in [0.717, 1.165) is 36.0 Å². The van der Waals surface area contributed by atoms with Crippen molar-refractivity contribution in [2.24, 2.45) is 13.0 Å². The van der Waals surface area contributed by atoms with Gasteiger partial charge < -0.3 is 10.2 Å². The number of nitrogens with zero attached hydrogens (tertiary/aromatic N) is 4. The van der Waals surface area contributed by atoms with Crippen molar-refractivity contribution < 1.29 is 9.59 Å². The maximum atomic E-state index is 13.6. The molecule has 0 bridgehead atoms. The number of carbonyl (C=O) groups excluding carboxylic acids is 2. The largest absolute Gasteiger partial charge is 0.350 e. The van der Waals surface area contributed by atoms with Gasteiger partial charge in [0.25, 0.3) is 5.91 Å². The molecule has 0 aromatic carbocycles. The first-order valence-corrected chi connectivity index (χ1v) is 12.9. The van der Waals surface area contributed by atoms with Crippen molar-refractivity contribution >= 4 is 23.2 Å². The highest BCUT2D eigenvalue weighted by molar-refractivity contribution is 7.10.